The van der Waals surface area contributed by atoms with Crippen LogP contribution in [0, 0.1) is 17.0 Å². The lowest BCUT2D eigenvalue weighted by molar-refractivity contribution is -0.385. The Hall–Kier alpha value is -2.22. The van der Waals surface area contributed by atoms with Gasteiger partial charge in [0.15, 0.2) is 0 Å². The van der Waals surface area contributed by atoms with Gasteiger partial charge >= 0.3 is 6.61 Å². The van der Waals surface area contributed by atoms with Crippen molar-refractivity contribution < 1.29 is 18.4 Å². The number of benzene rings is 1. The predicted molar refractivity (Wildman–Crippen MR) is 71.7 cm³/mol. The standard InChI is InChI=1S/C12H10ClF2N3O3/c1-6-3-4-7(5-8(6)18(19)20)10-9(13)11(17(2)16-10)21-12(14)15/h3-5,12H,1-2H3. The first-order chi connectivity index (χ1) is 9.81. The minimum absolute atomic E-state index is 0.106. The van der Waals surface area contributed by atoms with Crippen LogP contribution in [0.3, 0.4) is 0 Å². The van der Waals surface area contributed by atoms with Crippen LogP contribution >= 0.6 is 11.6 Å². The van der Waals surface area contributed by atoms with Crippen LogP contribution in [-0.4, -0.2) is 21.3 Å². The topological polar surface area (TPSA) is 70.2 Å². The summed E-state index contributed by atoms with van der Waals surface area (Å²) < 4.78 is 29.9. The number of alkyl halides is 2. The number of hydrogen-bond acceptors (Lipinski definition) is 4. The maximum atomic E-state index is 12.3. The molecular formula is C12H10ClF2N3O3. The fourth-order valence-corrected chi connectivity index (χ4v) is 2.15. The molecule has 1 heterocycles. The number of ether oxygens (including phenoxy) is 1. The van der Waals surface area contributed by atoms with Crippen molar-refractivity contribution in [2.45, 2.75) is 13.5 Å². The fraction of sp³-hybridized carbons (Fsp3) is 0.250. The van der Waals surface area contributed by atoms with Gasteiger partial charge in [-0.2, -0.15) is 13.9 Å². The van der Waals surface area contributed by atoms with E-state index < -0.39 is 11.5 Å². The summed E-state index contributed by atoms with van der Waals surface area (Å²) in [5, 5.41) is 14.8. The molecule has 21 heavy (non-hydrogen) atoms. The van der Waals surface area contributed by atoms with Crippen molar-refractivity contribution in [3.63, 3.8) is 0 Å². The van der Waals surface area contributed by atoms with Crippen molar-refractivity contribution in [2.75, 3.05) is 0 Å². The van der Waals surface area contributed by atoms with E-state index in [2.05, 4.69) is 9.84 Å². The number of aromatic nitrogens is 2. The summed E-state index contributed by atoms with van der Waals surface area (Å²) in [5.41, 5.74) is 0.848. The van der Waals surface area contributed by atoms with Crippen LogP contribution in [0.1, 0.15) is 5.56 Å². The lowest BCUT2D eigenvalue weighted by Crippen LogP contribution is -2.06. The van der Waals surface area contributed by atoms with E-state index in [1.807, 2.05) is 0 Å². The van der Waals surface area contributed by atoms with Crippen LogP contribution in [0.2, 0.25) is 5.02 Å². The minimum Gasteiger partial charge on any atom is -0.416 e. The highest BCUT2D eigenvalue weighted by Crippen LogP contribution is 2.37. The molecule has 0 unspecified atom stereocenters. The molecule has 0 atom stereocenters. The first kappa shape index (κ1) is 15.2. The summed E-state index contributed by atoms with van der Waals surface area (Å²) in [6, 6.07) is 4.39. The number of nitro benzene ring substituents is 1. The summed E-state index contributed by atoms with van der Waals surface area (Å²) in [6.07, 6.45) is 0. The Morgan fingerprint density at radius 2 is 2.14 bits per heavy atom. The van der Waals surface area contributed by atoms with Crippen molar-refractivity contribution >= 4 is 17.3 Å². The highest BCUT2D eigenvalue weighted by atomic mass is 35.5. The quantitative estimate of drug-likeness (QED) is 0.638. The van der Waals surface area contributed by atoms with Crippen LogP contribution < -0.4 is 4.74 Å². The van der Waals surface area contributed by atoms with Gasteiger partial charge in [-0.25, -0.2) is 4.68 Å². The summed E-state index contributed by atoms with van der Waals surface area (Å²) in [4.78, 5) is 10.4. The van der Waals surface area contributed by atoms with E-state index in [0.29, 0.717) is 11.1 Å². The average Bonchev–Trinajstić information content (AvgIpc) is 2.66. The molecule has 0 radical (unpaired) electrons. The van der Waals surface area contributed by atoms with Crippen molar-refractivity contribution in [1.29, 1.82) is 0 Å². The maximum Gasteiger partial charge on any atom is 0.388 e. The smallest absolute Gasteiger partial charge is 0.388 e. The van der Waals surface area contributed by atoms with Crippen LogP contribution in [0.25, 0.3) is 11.3 Å². The Morgan fingerprint density at radius 1 is 1.48 bits per heavy atom. The van der Waals surface area contributed by atoms with Gasteiger partial charge in [0.05, 0.1) is 4.92 Å². The van der Waals surface area contributed by atoms with E-state index in [4.69, 9.17) is 11.6 Å². The number of nitro groups is 1. The highest BCUT2D eigenvalue weighted by Gasteiger charge is 2.22. The van der Waals surface area contributed by atoms with Crippen LogP contribution in [0.5, 0.6) is 5.88 Å². The molecule has 0 N–H and O–H groups in total. The molecule has 2 aromatic rings. The van der Waals surface area contributed by atoms with Crippen molar-refractivity contribution in [3.05, 3.63) is 38.9 Å². The molecular weight excluding hydrogens is 308 g/mol. The average molecular weight is 318 g/mol. The van der Waals surface area contributed by atoms with E-state index in [1.54, 1.807) is 13.0 Å². The first-order valence-corrected chi connectivity index (χ1v) is 6.11. The molecule has 6 nitrogen and oxygen atoms in total. The fourth-order valence-electron chi connectivity index (χ4n) is 1.83. The SMILES string of the molecule is Cc1ccc(-c2nn(C)c(OC(F)F)c2Cl)cc1[N+](=O)[O-]. The predicted octanol–water partition coefficient (Wildman–Crippen LogP) is 3.56. The Kier molecular flexibility index (Phi) is 4.08. The molecule has 1 aromatic heterocycles. The molecule has 9 heteroatoms. The van der Waals surface area contributed by atoms with Gasteiger partial charge in [0, 0.05) is 24.2 Å². The molecule has 1 aromatic carbocycles. The van der Waals surface area contributed by atoms with Gasteiger partial charge in [-0.1, -0.05) is 23.7 Å². The number of aryl methyl sites for hydroxylation is 2. The number of hydrogen-bond donors (Lipinski definition) is 0. The molecule has 0 aliphatic heterocycles. The third-order valence-electron chi connectivity index (χ3n) is 2.82. The molecule has 0 amide bonds. The number of nitrogens with zero attached hydrogens (tertiary/aromatic N) is 3. The van der Waals surface area contributed by atoms with E-state index in [9.17, 15) is 18.9 Å². The van der Waals surface area contributed by atoms with Gasteiger partial charge in [0.25, 0.3) is 5.69 Å². The summed E-state index contributed by atoms with van der Waals surface area (Å²) in [5.74, 6) is -0.301. The summed E-state index contributed by atoms with van der Waals surface area (Å²) in [6.45, 7) is -1.45. The third-order valence-corrected chi connectivity index (χ3v) is 3.16. The van der Waals surface area contributed by atoms with Crippen molar-refractivity contribution in [3.8, 4) is 17.1 Å². The van der Waals surface area contributed by atoms with Crippen molar-refractivity contribution in [2.24, 2.45) is 7.05 Å². The van der Waals surface area contributed by atoms with Crippen LogP contribution in [-0.2, 0) is 7.05 Å². The summed E-state index contributed by atoms with van der Waals surface area (Å²) >= 11 is 5.97. The first-order valence-electron chi connectivity index (χ1n) is 5.74. The lowest BCUT2D eigenvalue weighted by atomic mass is 10.1. The maximum absolute atomic E-state index is 12.3. The van der Waals surface area contributed by atoms with Crippen molar-refractivity contribution in [1.82, 2.24) is 9.78 Å². The van der Waals surface area contributed by atoms with Gasteiger partial charge in [0.2, 0.25) is 5.88 Å². The number of halogens is 3. The van der Waals surface area contributed by atoms with Gasteiger partial charge in [0.1, 0.15) is 10.7 Å². The second kappa shape index (κ2) is 5.65. The normalized spacial score (nSPS) is 11.0. The second-order valence-corrected chi connectivity index (χ2v) is 4.61. The van der Waals surface area contributed by atoms with Crippen LogP contribution in [0.15, 0.2) is 18.2 Å². The third kappa shape index (κ3) is 2.94. The zero-order chi connectivity index (χ0) is 15.7. The van der Waals surface area contributed by atoms with E-state index in [0.717, 1.165) is 4.68 Å². The molecule has 0 saturated carbocycles. The van der Waals surface area contributed by atoms with E-state index in [-0.39, 0.29) is 22.3 Å². The largest absolute Gasteiger partial charge is 0.416 e. The molecule has 0 bridgehead atoms. The van der Waals surface area contributed by atoms with Gasteiger partial charge in [-0.05, 0) is 6.92 Å². The minimum atomic E-state index is -3.04. The molecule has 2 rings (SSSR count). The summed E-state index contributed by atoms with van der Waals surface area (Å²) in [7, 11) is 1.38. The zero-order valence-electron chi connectivity index (χ0n) is 11.0. The second-order valence-electron chi connectivity index (χ2n) is 4.23. The molecule has 0 saturated heterocycles. The molecule has 0 aliphatic carbocycles. The Balaban J connectivity index is 2.53. The van der Waals surface area contributed by atoms with Crippen LogP contribution in [0.4, 0.5) is 14.5 Å². The molecule has 0 spiro atoms. The van der Waals surface area contributed by atoms with E-state index in [1.165, 1.54) is 19.2 Å². The molecule has 0 aliphatic rings. The Morgan fingerprint density at radius 3 is 2.71 bits per heavy atom. The Labute approximate surface area is 123 Å². The number of rotatable bonds is 4. The molecule has 112 valence electrons. The van der Waals surface area contributed by atoms with E-state index >= 15 is 0 Å². The van der Waals surface area contributed by atoms with Gasteiger partial charge in [-0.15, -0.1) is 0 Å². The lowest BCUT2D eigenvalue weighted by Gasteiger charge is -2.03. The monoisotopic (exact) mass is 317 g/mol. The zero-order valence-corrected chi connectivity index (χ0v) is 11.8. The Bertz CT molecular complexity index is 703. The molecule has 0 fully saturated rings. The highest BCUT2D eigenvalue weighted by molar-refractivity contribution is 6.34. The van der Waals surface area contributed by atoms with Gasteiger partial charge < -0.3 is 4.74 Å². The van der Waals surface area contributed by atoms with Gasteiger partial charge in [-0.3, -0.25) is 10.1 Å².